The highest BCUT2D eigenvalue weighted by atomic mass is 19.1. The average Bonchev–Trinajstić information content (AvgIpc) is 3.02. The topological polar surface area (TPSA) is 83.7 Å². The van der Waals surface area contributed by atoms with Gasteiger partial charge in [-0.15, -0.1) is 0 Å². The lowest BCUT2D eigenvalue weighted by Crippen LogP contribution is -2.17. The molecule has 7 heteroatoms. The van der Waals surface area contributed by atoms with Crippen LogP contribution in [0.4, 0.5) is 4.39 Å². The Morgan fingerprint density at radius 3 is 2.86 bits per heavy atom. The van der Waals surface area contributed by atoms with Gasteiger partial charge in [-0.05, 0) is 29.8 Å². The smallest absolute Gasteiger partial charge is 0.327 e. The zero-order valence-corrected chi connectivity index (χ0v) is 14.9. The first kappa shape index (κ1) is 17.5. The number of nitrogens with zero attached hydrogens (tertiary/aromatic N) is 3. The largest absolute Gasteiger partial charge is 0.496 e. The van der Waals surface area contributed by atoms with Crippen molar-refractivity contribution in [2.75, 3.05) is 7.11 Å². The first-order valence-corrected chi connectivity index (χ1v) is 8.52. The minimum Gasteiger partial charge on any atom is -0.496 e. The van der Waals surface area contributed by atoms with E-state index in [1.54, 1.807) is 36.4 Å². The molecular weight excluding hydrogens is 359 g/mol. The Hall–Kier alpha value is -3.92. The number of fused-ring (bicyclic) bond motifs is 1. The molecule has 0 amide bonds. The number of benzene rings is 2. The van der Waals surface area contributed by atoms with E-state index < -0.39 is 5.82 Å². The highest BCUT2D eigenvalue weighted by Gasteiger charge is 2.16. The van der Waals surface area contributed by atoms with Crippen LogP contribution in [0.15, 0.2) is 59.5 Å². The molecule has 2 heterocycles. The third kappa shape index (κ3) is 2.91. The summed E-state index contributed by atoms with van der Waals surface area (Å²) >= 11 is 0. The molecule has 0 aliphatic rings. The maximum absolute atomic E-state index is 14.5. The highest BCUT2D eigenvalue weighted by molar-refractivity contribution is 5.80. The van der Waals surface area contributed by atoms with E-state index in [1.165, 1.54) is 23.9 Å². The van der Waals surface area contributed by atoms with Crippen molar-refractivity contribution in [2.45, 2.75) is 6.54 Å². The fourth-order valence-electron chi connectivity index (χ4n) is 3.22. The Balaban J connectivity index is 1.89. The lowest BCUT2D eigenvalue weighted by Gasteiger charge is -2.10. The average molecular weight is 374 g/mol. The van der Waals surface area contributed by atoms with E-state index in [2.05, 4.69) is 16.0 Å². The van der Waals surface area contributed by atoms with Gasteiger partial charge in [-0.3, -0.25) is 9.55 Å². The predicted octanol–water partition coefficient (Wildman–Crippen LogP) is 3.46. The van der Waals surface area contributed by atoms with Gasteiger partial charge in [0.05, 0.1) is 36.4 Å². The Labute approximate surface area is 159 Å². The summed E-state index contributed by atoms with van der Waals surface area (Å²) in [6, 6.07) is 15.5. The zero-order valence-electron chi connectivity index (χ0n) is 14.9. The van der Waals surface area contributed by atoms with Gasteiger partial charge in [0.25, 0.3) is 0 Å². The second-order valence-electron chi connectivity index (χ2n) is 6.19. The summed E-state index contributed by atoms with van der Waals surface area (Å²) in [5.41, 5.74) is 2.51. The predicted molar refractivity (Wildman–Crippen MR) is 103 cm³/mol. The summed E-state index contributed by atoms with van der Waals surface area (Å²) in [7, 11) is 1.47. The monoisotopic (exact) mass is 374 g/mol. The number of H-pyrrole nitrogens is 1. The molecule has 0 bridgehead atoms. The fourth-order valence-corrected chi connectivity index (χ4v) is 3.22. The van der Waals surface area contributed by atoms with Crippen LogP contribution in [-0.2, 0) is 6.54 Å². The van der Waals surface area contributed by atoms with Gasteiger partial charge in [0, 0.05) is 11.8 Å². The summed E-state index contributed by atoms with van der Waals surface area (Å²) in [4.78, 5) is 19.4. The fraction of sp³-hybridized carbons (Fsp3) is 0.0952. The molecule has 0 saturated carbocycles. The molecule has 0 saturated heterocycles. The van der Waals surface area contributed by atoms with E-state index in [1.807, 2.05) is 6.07 Å². The maximum Gasteiger partial charge on any atom is 0.327 e. The molecule has 1 N–H and O–H groups in total. The quantitative estimate of drug-likeness (QED) is 0.593. The Bertz CT molecular complexity index is 1280. The number of methoxy groups -OCH3 is 1. The standard InChI is InChI=1S/C21H15FN4O2/c1-28-18-8-4-7-16(22)19(18)15-9-17-20(24-11-15)25-21(27)26(17)12-14-6-3-2-5-13(14)10-23/h2-9,11H,12H2,1H3,(H,24,25,27). The van der Waals surface area contributed by atoms with E-state index in [9.17, 15) is 14.4 Å². The normalized spacial score (nSPS) is 10.8. The van der Waals surface area contributed by atoms with Gasteiger partial charge in [0.1, 0.15) is 11.6 Å². The van der Waals surface area contributed by atoms with Crippen LogP contribution < -0.4 is 10.4 Å². The molecule has 0 spiro atoms. The molecule has 28 heavy (non-hydrogen) atoms. The first-order chi connectivity index (χ1) is 13.6. The van der Waals surface area contributed by atoms with E-state index in [4.69, 9.17) is 4.74 Å². The molecule has 2 aromatic carbocycles. The molecule has 4 aromatic rings. The van der Waals surface area contributed by atoms with Crippen LogP contribution in [0, 0.1) is 17.1 Å². The molecule has 4 rings (SSSR count). The number of pyridine rings is 1. The Morgan fingerprint density at radius 1 is 1.25 bits per heavy atom. The molecule has 0 aliphatic heterocycles. The number of ether oxygens (including phenoxy) is 1. The summed E-state index contributed by atoms with van der Waals surface area (Å²) in [5, 5.41) is 9.30. The summed E-state index contributed by atoms with van der Waals surface area (Å²) in [6.45, 7) is 0.197. The maximum atomic E-state index is 14.5. The molecule has 0 atom stereocenters. The molecule has 138 valence electrons. The lowest BCUT2D eigenvalue weighted by molar-refractivity contribution is 0.413. The van der Waals surface area contributed by atoms with Crippen LogP contribution in [0.5, 0.6) is 5.75 Å². The first-order valence-electron chi connectivity index (χ1n) is 8.52. The number of rotatable bonds is 4. The van der Waals surface area contributed by atoms with Crippen molar-refractivity contribution in [1.29, 1.82) is 5.26 Å². The number of aromatic amines is 1. The summed E-state index contributed by atoms with van der Waals surface area (Å²) in [6.07, 6.45) is 1.49. The van der Waals surface area contributed by atoms with Crippen molar-refractivity contribution in [1.82, 2.24) is 14.5 Å². The van der Waals surface area contributed by atoms with Crippen molar-refractivity contribution in [3.63, 3.8) is 0 Å². The molecule has 6 nitrogen and oxygen atoms in total. The van der Waals surface area contributed by atoms with Crippen molar-refractivity contribution in [3.8, 4) is 22.9 Å². The van der Waals surface area contributed by atoms with Crippen LogP contribution in [0.2, 0.25) is 0 Å². The molecule has 2 aromatic heterocycles. The van der Waals surface area contributed by atoms with Crippen LogP contribution >= 0.6 is 0 Å². The number of aromatic nitrogens is 3. The number of hydrogen-bond donors (Lipinski definition) is 1. The minimum absolute atomic E-state index is 0.197. The lowest BCUT2D eigenvalue weighted by atomic mass is 10.1. The van der Waals surface area contributed by atoms with Gasteiger partial charge in [-0.1, -0.05) is 24.3 Å². The molecule has 0 fully saturated rings. The van der Waals surface area contributed by atoms with Crippen LogP contribution in [0.1, 0.15) is 11.1 Å². The van der Waals surface area contributed by atoms with E-state index >= 15 is 0 Å². The number of hydrogen-bond acceptors (Lipinski definition) is 4. The van der Waals surface area contributed by atoms with Crippen LogP contribution in [-0.4, -0.2) is 21.6 Å². The van der Waals surface area contributed by atoms with Gasteiger partial charge >= 0.3 is 5.69 Å². The van der Waals surface area contributed by atoms with E-state index in [0.29, 0.717) is 33.6 Å². The number of halogens is 1. The zero-order chi connectivity index (χ0) is 19.7. The van der Waals surface area contributed by atoms with Crippen molar-refractivity contribution in [3.05, 3.63) is 82.2 Å². The van der Waals surface area contributed by atoms with E-state index in [-0.39, 0.29) is 17.8 Å². The van der Waals surface area contributed by atoms with Crippen molar-refractivity contribution in [2.24, 2.45) is 0 Å². The molecule has 0 aliphatic carbocycles. The molecule has 0 radical (unpaired) electrons. The second-order valence-corrected chi connectivity index (χ2v) is 6.19. The van der Waals surface area contributed by atoms with Gasteiger partial charge < -0.3 is 4.74 Å². The highest BCUT2D eigenvalue weighted by Crippen LogP contribution is 2.33. The number of imidazole rings is 1. The van der Waals surface area contributed by atoms with Gasteiger partial charge in [0.15, 0.2) is 5.65 Å². The minimum atomic E-state index is -0.445. The number of nitrogens with one attached hydrogen (secondary N) is 1. The summed E-state index contributed by atoms with van der Waals surface area (Å²) in [5.74, 6) is -0.0693. The molecular formula is C21H15FN4O2. The second kappa shape index (κ2) is 7.00. The van der Waals surface area contributed by atoms with Crippen molar-refractivity contribution < 1.29 is 9.13 Å². The van der Waals surface area contributed by atoms with Gasteiger partial charge in [-0.25, -0.2) is 14.2 Å². The number of nitriles is 1. The Kier molecular flexibility index (Phi) is 4.38. The van der Waals surface area contributed by atoms with Gasteiger partial charge in [0.2, 0.25) is 0 Å². The summed E-state index contributed by atoms with van der Waals surface area (Å²) < 4.78 is 21.2. The third-order valence-corrected chi connectivity index (χ3v) is 4.58. The van der Waals surface area contributed by atoms with E-state index in [0.717, 1.165) is 0 Å². The Morgan fingerprint density at radius 2 is 2.07 bits per heavy atom. The van der Waals surface area contributed by atoms with Crippen molar-refractivity contribution >= 4 is 11.2 Å². The van der Waals surface area contributed by atoms with Crippen LogP contribution in [0.25, 0.3) is 22.3 Å². The van der Waals surface area contributed by atoms with Crippen LogP contribution in [0.3, 0.4) is 0 Å². The molecule has 0 unspecified atom stereocenters. The third-order valence-electron chi connectivity index (χ3n) is 4.58. The SMILES string of the molecule is COc1cccc(F)c1-c1cnc2[nH]c(=O)n(Cc3ccccc3C#N)c2c1. The van der Waals surface area contributed by atoms with Gasteiger partial charge in [-0.2, -0.15) is 5.26 Å².